The number of hydrogen-bond donors (Lipinski definition) is 1. The molecule has 0 spiro atoms. The smallest absolute Gasteiger partial charge is 0.225 e. The number of rotatable bonds is 5. The van der Waals surface area contributed by atoms with Crippen LogP contribution in [-0.4, -0.2) is 49.7 Å². The molecule has 1 N–H and O–H groups in total. The molecule has 0 aromatic rings. The minimum absolute atomic E-state index is 0.296. The summed E-state index contributed by atoms with van der Waals surface area (Å²) in [4.78, 5) is 14.3. The number of piperidine rings is 1. The van der Waals surface area contributed by atoms with Gasteiger partial charge in [0, 0.05) is 19.2 Å². The minimum Gasteiger partial charge on any atom is -0.381 e. The average Bonchev–Trinajstić information content (AvgIpc) is 2.89. The second-order valence-electron chi connectivity index (χ2n) is 5.33. The number of likely N-dealkylation sites (tertiary alicyclic amines) is 1. The first-order valence-electron chi connectivity index (χ1n) is 7.41. The second-order valence-corrected chi connectivity index (χ2v) is 5.33. The lowest BCUT2D eigenvalue weighted by Crippen LogP contribution is -2.44. The zero-order valence-corrected chi connectivity index (χ0v) is 11.5. The third-order valence-electron chi connectivity index (χ3n) is 4.21. The van der Waals surface area contributed by atoms with Crippen LogP contribution in [0.25, 0.3) is 0 Å². The summed E-state index contributed by atoms with van der Waals surface area (Å²) < 4.78 is 5.29. The van der Waals surface area contributed by atoms with Crippen LogP contribution in [0.2, 0.25) is 0 Å². The SMILES string of the molecule is CCOCCC(=O)N1CCCC1C1CCNCC1. The number of carbonyl (C=O) groups excluding carboxylic acids is 1. The van der Waals surface area contributed by atoms with Crippen LogP contribution in [-0.2, 0) is 9.53 Å². The summed E-state index contributed by atoms with van der Waals surface area (Å²) >= 11 is 0. The van der Waals surface area contributed by atoms with Gasteiger partial charge in [0.2, 0.25) is 5.91 Å². The van der Waals surface area contributed by atoms with Gasteiger partial charge in [0.25, 0.3) is 0 Å². The van der Waals surface area contributed by atoms with E-state index in [1.807, 2.05) is 6.92 Å². The number of ether oxygens (including phenoxy) is 1. The van der Waals surface area contributed by atoms with E-state index < -0.39 is 0 Å². The Morgan fingerprint density at radius 1 is 1.33 bits per heavy atom. The van der Waals surface area contributed by atoms with E-state index in [-0.39, 0.29) is 0 Å². The number of carbonyl (C=O) groups is 1. The Bertz CT molecular complexity index is 265. The maximum Gasteiger partial charge on any atom is 0.225 e. The predicted molar refractivity (Wildman–Crippen MR) is 71.4 cm³/mol. The Morgan fingerprint density at radius 3 is 2.83 bits per heavy atom. The lowest BCUT2D eigenvalue weighted by Gasteiger charge is -2.34. The lowest BCUT2D eigenvalue weighted by atomic mass is 9.88. The van der Waals surface area contributed by atoms with Crippen LogP contribution in [0.15, 0.2) is 0 Å². The maximum atomic E-state index is 12.2. The van der Waals surface area contributed by atoms with Gasteiger partial charge in [-0.15, -0.1) is 0 Å². The summed E-state index contributed by atoms with van der Waals surface area (Å²) in [5, 5.41) is 3.40. The first kappa shape index (κ1) is 13.8. The van der Waals surface area contributed by atoms with Gasteiger partial charge in [0.05, 0.1) is 13.0 Å². The quantitative estimate of drug-likeness (QED) is 0.754. The molecule has 0 aliphatic carbocycles. The van der Waals surface area contributed by atoms with Crippen molar-refractivity contribution in [1.29, 1.82) is 0 Å². The summed E-state index contributed by atoms with van der Waals surface area (Å²) in [6, 6.07) is 0.501. The van der Waals surface area contributed by atoms with Crippen LogP contribution in [0, 0.1) is 5.92 Å². The summed E-state index contributed by atoms with van der Waals surface area (Å²) in [5.41, 5.74) is 0. The number of hydrogen-bond acceptors (Lipinski definition) is 3. The fraction of sp³-hybridized carbons (Fsp3) is 0.929. The zero-order chi connectivity index (χ0) is 12.8. The van der Waals surface area contributed by atoms with Gasteiger partial charge in [-0.1, -0.05) is 0 Å². The molecule has 4 heteroatoms. The van der Waals surface area contributed by atoms with E-state index in [4.69, 9.17) is 4.74 Å². The topological polar surface area (TPSA) is 41.6 Å². The van der Waals surface area contributed by atoms with Crippen molar-refractivity contribution in [2.45, 2.75) is 45.1 Å². The van der Waals surface area contributed by atoms with Crippen LogP contribution in [0.1, 0.15) is 39.0 Å². The Balaban J connectivity index is 1.84. The fourth-order valence-corrected chi connectivity index (χ4v) is 3.27. The molecular weight excluding hydrogens is 228 g/mol. The van der Waals surface area contributed by atoms with Crippen LogP contribution < -0.4 is 5.32 Å². The highest BCUT2D eigenvalue weighted by atomic mass is 16.5. The van der Waals surface area contributed by atoms with Crippen molar-refractivity contribution in [2.24, 2.45) is 5.92 Å². The molecule has 2 fully saturated rings. The molecule has 0 radical (unpaired) electrons. The van der Waals surface area contributed by atoms with E-state index in [9.17, 15) is 4.79 Å². The van der Waals surface area contributed by atoms with Crippen LogP contribution in [0.5, 0.6) is 0 Å². The van der Waals surface area contributed by atoms with Crippen LogP contribution in [0.4, 0.5) is 0 Å². The number of amides is 1. The molecule has 2 saturated heterocycles. The molecule has 104 valence electrons. The Kier molecular flexibility index (Phi) is 5.45. The van der Waals surface area contributed by atoms with Crippen molar-refractivity contribution >= 4 is 5.91 Å². The van der Waals surface area contributed by atoms with E-state index in [1.54, 1.807) is 0 Å². The van der Waals surface area contributed by atoms with E-state index in [0.717, 1.165) is 19.6 Å². The van der Waals surface area contributed by atoms with E-state index in [2.05, 4.69) is 10.2 Å². The summed E-state index contributed by atoms with van der Waals surface area (Å²) in [7, 11) is 0. The molecule has 0 bridgehead atoms. The van der Waals surface area contributed by atoms with Crippen molar-refractivity contribution in [1.82, 2.24) is 10.2 Å². The van der Waals surface area contributed by atoms with Gasteiger partial charge in [-0.3, -0.25) is 4.79 Å². The fourth-order valence-electron chi connectivity index (χ4n) is 3.27. The van der Waals surface area contributed by atoms with Crippen molar-refractivity contribution in [3.05, 3.63) is 0 Å². The molecule has 2 heterocycles. The second kappa shape index (κ2) is 7.10. The van der Waals surface area contributed by atoms with Gasteiger partial charge >= 0.3 is 0 Å². The summed E-state index contributed by atoms with van der Waals surface area (Å²) in [6.45, 7) is 6.43. The minimum atomic E-state index is 0.296. The summed E-state index contributed by atoms with van der Waals surface area (Å²) in [5.74, 6) is 1.01. The summed E-state index contributed by atoms with van der Waals surface area (Å²) in [6.07, 6.45) is 5.37. The van der Waals surface area contributed by atoms with Crippen molar-refractivity contribution in [3.8, 4) is 0 Å². The third kappa shape index (κ3) is 3.45. The van der Waals surface area contributed by atoms with Crippen LogP contribution in [0.3, 0.4) is 0 Å². The van der Waals surface area contributed by atoms with Gasteiger partial charge in [0.15, 0.2) is 0 Å². The Hall–Kier alpha value is -0.610. The molecule has 0 aromatic heterocycles. The third-order valence-corrected chi connectivity index (χ3v) is 4.21. The Morgan fingerprint density at radius 2 is 2.11 bits per heavy atom. The molecule has 1 atom stereocenters. The molecular formula is C14H26N2O2. The van der Waals surface area contributed by atoms with E-state index in [1.165, 1.54) is 25.7 Å². The molecule has 4 nitrogen and oxygen atoms in total. The van der Waals surface area contributed by atoms with Crippen molar-refractivity contribution < 1.29 is 9.53 Å². The molecule has 18 heavy (non-hydrogen) atoms. The monoisotopic (exact) mass is 254 g/mol. The molecule has 2 aliphatic heterocycles. The zero-order valence-electron chi connectivity index (χ0n) is 11.5. The van der Waals surface area contributed by atoms with Crippen molar-refractivity contribution in [2.75, 3.05) is 32.8 Å². The highest BCUT2D eigenvalue weighted by Gasteiger charge is 2.34. The normalized spacial score (nSPS) is 25.6. The Labute approximate surface area is 110 Å². The first-order valence-corrected chi connectivity index (χ1v) is 7.41. The first-order chi connectivity index (χ1) is 8.83. The largest absolute Gasteiger partial charge is 0.381 e. The van der Waals surface area contributed by atoms with Gasteiger partial charge in [-0.2, -0.15) is 0 Å². The maximum absolute atomic E-state index is 12.2. The molecule has 2 aliphatic rings. The molecule has 1 amide bonds. The number of nitrogens with zero attached hydrogens (tertiary/aromatic N) is 1. The van der Waals surface area contributed by atoms with Gasteiger partial charge < -0.3 is 15.0 Å². The lowest BCUT2D eigenvalue weighted by molar-refractivity contribution is -0.134. The molecule has 0 aromatic carbocycles. The molecule has 1 unspecified atom stereocenters. The van der Waals surface area contributed by atoms with E-state index in [0.29, 0.717) is 37.5 Å². The van der Waals surface area contributed by atoms with Gasteiger partial charge in [0.1, 0.15) is 0 Å². The molecule has 0 saturated carbocycles. The molecule has 2 rings (SSSR count). The predicted octanol–water partition coefficient (Wildman–Crippen LogP) is 1.40. The average molecular weight is 254 g/mol. The van der Waals surface area contributed by atoms with Crippen molar-refractivity contribution in [3.63, 3.8) is 0 Å². The van der Waals surface area contributed by atoms with Gasteiger partial charge in [-0.25, -0.2) is 0 Å². The highest BCUT2D eigenvalue weighted by Crippen LogP contribution is 2.29. The highest BCUT2D eigenvalue weighted by molar-refractivity contribution is 5.77. The standard InChI is InChI=1S/C14H26N2O2/c1-2-18-11-7-14(17)16-10-3-4-13(16)12-5-8-15-9-6-12/h12-13,15H,2-11H2,1H3. The van der Waals surface area contributed by atoms with Gasteiger partial charge in [-0.05, 0) is 51.6 Å². The van der Waals surface area contributed by atoms with Crippen LogP contribution >= 0.6 is 0 Å². The number of nitrogens with one attached hydrogen (secondary N) is 1. The van der Waals surface area contributed by atoms with E-state index >= 15 is 0 Å².